The summed E-state index contributed by atoms with van der Waals surface area (Å²) >= 11 is 0. The summed E-state index contributed by atoms with van der Waals surface area (Å²) in [6.07, 6.45) is 3.54. The van der Waals surface area contributed by atoms with Crippen LogP contribution in [0.1, 0.15) is 30.7 Å². The highest BCUT2D eigenvalue weighted by atomic mass is 19.1. The first kappa shape index (κ1) is 16.9. The Kier molecular flexibility index (Phi) is 4.20. The van der Waals surface area contributed by atoms with Gasteiger partial charge in [-0.25, -0.2) is 4.39 Å². The lowest BCUT2D eigenvalue weighted by molar-refractivity contribution is 0.0665. The number of rotatable bonds is 4. The smallest absolute Gasteiger partial charge is 0.231 e. The number of piperidine rings is 1. The number of ether oxygens (including phenoxy) is 3. The van der Waals surface area contributed by atoms with Crippen LogP contribution in [0.25, 0.3) is 0 Å². The van der Waals surface area contributed by atoms with Gasteiger partial charge in [-0.05, 0) is 62.1 Å². The van der Waals surface area contributed by atoms with Gasteiger partial charge in [-0.2, -0.15) is 0 Å². The van der Waals surface area contributed by atoms with Crippen LogP contribution >= 0.6 is 0 Å². The first-order valence-electron chi connectivity index (χ1n) is 9.69. The largest absolute Gasteiger partial charge is 0.493 e. The van der Waals surface area contributed by atoms with E-state index in [1.54, 1.807) is 12.1 Å². The molecule has 3 aliphatic rings. The quantitative estimate of drug-likeness (QED) is 0.808. The Hall–Kier alpha value is -2.27. The van der Waals surface area contributed by atoms with Crippen molar-refractivity contribution in [2.45, 2.75) is 37.3 Å². The lowest BCUT2D eigenvalue weighted by Crippen LogP contribution is -2.47. The molecule has 5 heteroatoms. The summed E-state index contributed by atoms with van der Waals surface area (Å²) in [5, 5.41) is 0. The average molecular weight is 369 g/mol. The standard InChI is InChI=1S/C22H24FNO3/c1-24-16-6-8-20(24)19(18(10-16)14-2-4-15(23)5-3-14)12-25-17-7-9-21-22(11-17)27-13-26-21/h2-5,7,9,11,16,18-20H,6,8,10,12-13H2,1H3/t16-,18+,19-,20+/m1/s1. The van der Waals surface area contributed by atoms with Crippen LogP contribution in [-0.2, 0) is 0 Å². The van der Waals surface area contributed by atoms with E-state index in [4.69, 9.17) is 14.2 Å². The molecule has 0 aliphatic carbocycles. The molecule has 3 heterocycles. The second-order valence-corrected chi connectivity index (χ2v) is 7.85. The average Bonchev–Trinajstić information content (AvgIpc) is 3.23. The van der Waals surface area contributed by atoms with Crippen LogP contribution < -0.4 is 14.2 Å². The van der Waals surface area contributed by atoms with Crippen molar-refractivity contribution in [3.05, 3.63) is 53.8 Å². The maximum Gasteiger partial charge on any atom is 0.231 e. The third kappa shape index (κ3) is 3.04. The molecule has 2 fully saturated rings. The second kappa shape index (κ2) is 6.71. The lowest BCUT2D eigenvalue weighted by Gasteiger charge is -2.43. The van der Waals surface area contributed by atoms with Crippen molar-refractivity contribution in [2.24, 2.45) is 5.92 Å². The van der Waals surface area contributed by atoms with Gasteiger partial charge in [-0.1, -0.05) is 12.1 Å². The van der Waals surface area contributed by atoms with E-state index in [0.29, 0.717) is 30.5 Å². The molecular formula is C22H24FNO3. The molecule has 0 radical (unpaired) electrons. The van der Waals surface area contributed by atoms with Crippen molar-refractivity contribution in [3.63, 3.8) is 0 Å². The summed E-state index contributed by atoms with van der Waals surface area (Å²) in [6.45, 7) is 0.908. The van der Waals surface area contributed by atoms with Crippen LogP contribution in [0.3, 0.4) is 0 Å². The maximum absolute atomic E-state index is 13.4. The molecule has 27 heavy (non-hydrogen) atoms. The van der Waals surface area contributed by atoms with E-state index in [9.17, 15) is 4.39 Å². The predicted molar refractivity (Wildman–Crippen MR) is 99.9 cm³/mol. The highest BCUT2D eigenvalue weighted by Crippen LogP contribution is 2.46. The Balaban J connectivity index is 1.37. The Morgan fingerprint density at radius 1 is 1.07 bits per heavy atom. The van der Waals surface area contributed by atoms with Crippen LogP contribution in [0.15, 0.2) is 42.5 Å². The van der Waals surface area contributed by atoms with Crippen molar-refractivity contribution < 1.29 is 18.6 Å². The molecule has 4 atom stereocenters. The normalized spacial score (nSPS) is 29.1. The maximum atomic E-state index is 13.4. The van der Waals surface area contributed by atoms with Gasteiger partial charge in [0.1, 0.15) is 11.6 Å². The fraction of sp³-hybridized carbons (Fsp3) is 0.455. The van der Waals surface area contributed by atoms with E-state index in [1.165, 1.54) is 18.4 Å². The van der Waals surface area contributed by atoms with Gasteiger partial charge in [0, 0.05) is 24.1 Å². The molecule has 0 spiro atoms. The zero-order valence-corrected chi connectivity index (χ0v) is 15.4. The van der Waals surface area contributed by atoms with Gasteiger partial charge in [0.05, 0.1) is 6.61 Å². The summed E-state index contributed by atoms with van der Waals surface area (Å²) in [5.74, 6) is 2.91. The van der Waals surface area contributed by atoms with Crippen molar-refractivity contribution in [2.75, 3.05) is 20.4 Å². The van der Waals surface area contributed by atoms with Crippen LogP contribution in [0, 0.1) is 11.7 Å². The molecule has 5 rings (SSSR count). The number of benzene rings is 2. The molecule has 4 nitrogen and oxygen atoms in total. The van der Waals surface area contributed by atoms with E-state index in [0.717, 1.165) is 23.7 Å². The van der Waals surface area contributed by atoms with E-state index < -0.39 is 0 Å². The van der Waals surface area contributed by atoms with Crippen molar-refractivity contribution >= 4 is 0 Å². The van der Waals surface area contributed by atoms with E-state index in [-0.39, 0.29) is 12.6 Å². The second-order valence-electron chi connectivity index (χ2n) is 7.85. The van der Waals surface area contributed by atoms with Crippen molar-refractivity contribution in [1.29, 1.82) is 0 Å². The van der Waals surface area contributed by atoms with Crippen molar-refractivity contribution in [1.82, 2.24) is 4.90 Å². The highest BCUT2D eigenvalue weighted by molar-refractivity contribution is 5.46. The molecule has 3 aliphatic heterocycles. The molecule has 2 aromatic rings. The minimum atomic E-state index is -0.178. The fourth-order valence-corrected chi connectivity index (χ4v) is 5.06. The van der Waals surface area contributed by atoms with Crippen LogP contribution in [-0.4, -0.2) is 37.4 Å². The summed E-state index contributed by atoms with van der Waals surface area (Å²) in [5.41, 5.74) is 1.22. The topological polar surface area (TPSA) is 30.9 Å². The van der Waals surface area contributed by atoms with E-state index in [2.05, 4.69) is 11.9 Å². The van der Waals surface area contributed by atoms with Crippen LogP contribution in [0.2, 0.25) is 0 Å². The monoisotopic (exact) mass is 369 g/mol. The van der Waals surface area contributed by atoms with Crippen LogP contribution in [0.5, 0.6) is 17.2 Å². The van der Waals surface area contributed by atoms with Crippen LogP contribution in [0.4, 0.5) is 4.39 Å². The predicted octanol–water partition coefficient (Wildman–Crippen LogP) is 4.20. The molecule has 0 saturated carbocycles. The SMILES string of the molecule is CN1[C@@H]2CC[C@H]1[C@H](COc1ccc3c(c1)OCO3)[C@H](c1ccc(F)cc1)C2. The zero-order chi connectivity index (χ0) is 18.4. The van der Waals surface area contributed by atoms with Gasteiger partial charge in [-0.3, -0.25) is 0 Å². The van der Waals surface area contributed by atoms with Gasteiger partial charge >= 0.3 is 0 Å². The minimum absolute atomic E-state index is 0.178. The Morgan fingerprint density at radius 3 is 2.74 bits per heavy atom. The van der Waals surface area contributed by atoms with Gasteiger partial charge in [0.2, 0.25) is 6.79 Å². The first-order valence-corrected chi connectivity index (χ1v) is 9.69. The number of halogens is 1. The zero-order valence-electron chi connectivity index (χ0n) is 15.4. The van der Waals surface area contributed by atoms with E-state index >= 15 is 0 Å². The van der Waals surface area contributed by atoms with Gasteiger partial charge in [-0.15, -0.1) is 0 Å². The summed E-state index contributed by atoms with van der Waals surface area (Å²) < 4.78 is 30.4. The van der Waals surface area contributed by atoms with Gasteiger partial charge < -0.3 is 19.1 Å². The molecule has 2 bridgehead atoms. The van der Waals surface area contributed by atoms with E-state index in [1.807, 2.05) is 30.3 Å². The molecule has 2 saturated heterocycles. The number of nitrogens with zero attached hydrogens (tertiary/aromatic N) is 1. The number of hydrogen-bond donors (Lipinski definition) is 0. The number of hydrogen-bond acceptors (Lipinski definition) is 4. The van der Waals surface area contributed by atoms with Gasteiger partial charge in [0.15, 0.2) is 11.5 Å². The fourth-order valence-electron chi connectivity index (χ4n) is 5.06. The third-order valence-electron chi connectivity index (χ3n) is 6.52. The molecule has 0 N–H and O–H groups in total. The summed E-state index contributed by atoms with van der Waals surface area (Å²) in [7, 11) is 2.23. The summed E-state index contributed by atoms with van der Waals surface area (Å²) in [4.78, 5) is 2.52. The Bertz CT molecular complexity index is 825. The highest BCUT2D eigenvalue weighted by Gasteiger charge is 2.46. The molecule has 0 amide bonds. The molecular weight excluding hydrogens is 345 g/mol. The molecule has 0 unspecified atom stereocenters. The molecule has 0 aromatic heterocycles. The molecule has 142 valence electrons. The first-order chi connectivity index (χ1) is 13.2. The molecule has 2 aromatic carbocycles. The van der Waals surface area contributed by atoms with Gasteiger partial charge in [0.25, 0.3) is 0 Å². The van der Waals surface area contributed by atoms with Crippen molar-refractivity contribution in [3.8, 4) is 17.2 Å². The third-order valence-corrected chi connectivity index (χ3v) is 6.52. The number of fused-ring (bicyclic) bond motifs is 3. The Labute approximate surface area is 158 Å². The lowest BCUT2D eigenvalue weighted by atomic mass is 9.76. The Morgan fingerprint density at radius 2 is 1.89 bits per heavy atom. The summed E-state index contributed by atoms with van der Waals surface area (Å²) in [6, 6.07) is 13.9. The minimum Gasteiger partial charge on any atom is -0.493 e.